The average molecular weight is 488 g/mol. The second-order valence-corrected chi connectivity index (χ2v) is 8.32. The Morgan fingerprint density at radius 3 is 2.03 bits per heavy atom. The summed E-state index contributed by atoms with van der Waals surface area (Å²) in [5.41, 5.74) is 0.647. The van der Waals surface area contributed by atoms with Crippen molar-refractivity contribution < 1.29 is 14.3 Å². The highest BCUT2D eigenvalue weighted by molar-refractivity contribution is 9.10. The molecule has 0 heterocycles. The Morgan fingerprint density at radius 1 is 0.867 bits per heavy atom. The highest BCUT2D eigenvalue weighted by Crippen LogP contribution is 2.23. The molecule has 3 aromatic rings. The van der Waals surface area contributed by atoms with E-state index >= 15 is 0 Å². The molecule has 0 aliphatic rings. The van der Waals surface area contributed by atoms with Gasteiger partial charge in [0.05, 0.1) is 5.56 Å². The first kappa shape index (κ1) is 21.9. The van der Waals surface area contributed by atoms with Crippen LogP contribution in [0.1, 0.15) is 24.2 Å². The van der Waals surface area contributed by atoms with E-state index in [0.717, 1.165) is 0 Å². The summed E-state index contributed by atoms with van der Waals surface area (Å²) < 4.78 is 6.51. The molecule has 0 fully saturated rings. The number of nitrogens with one attached hydrogen (secondary N) is 2. The number of ether oxygens (including phenoxy) is 1. The molecule has 0 aliphatic heterocycles. The van der Waals surface area contributed by atoms with Gasteiger partial charge in [0, 0.05) is 20.9 Å². The third-order valence-corrected chi connectivity index (χ3v) is 5.20. The number of carbonyl (C=O) groups is 2. The summed E-state index contributed by atoms with van der Waals surface area (Å²) in [5.74, 6) is 0.0175. The second-order valence-electron chi connectivity index (χ2n) is 7.03. The van der Waals surface area contributed by atoms with Gasteiger partial charge in [-0.05, 0) is 90.4 Å². The molecule has 0 saturated heterocycles. The minimum atomic E-state index is -1.10. The summed E-state index contributed by atoms with van der Waals surface area (Å²) in [6.07, 6.45) is 0. The highest BCUT2D eigenvalue weighted by Gasteiger charge is 2.30. The van der Waals surface area contributed by atoms with Gasteiger partial charge in [-0.1, -0.05) is 23.7 Å². The summed E-state index contributed by atoms with van der Waals surface area (Å²) in [7, 11) is 0. The van der Waals surface area contributed by atoms with E-state index in [-0.39, 0.29) is 11.8 Å². The Bertz CT molecular complexity index is 1050. The van der Waals surface area contributed by atoms with E-state index in [1.54, 1.807) is 80.6 Å². The van der Waals surface area contributed by atoms with Crippen molar-refractivity contribution in [3.8, 4) is 5.75 Å². The van der Waals surface area contributed by atoms with E-state index in [4.69, 9.17) is 16.3 Å². The molecule has 5 nitrogen and oxygen atoms in total. The van der Waals surface area contributed by atoms with Crippen molar-refractivity contribution in [2.75, 3.05) is 10.6 Å². The van der Waals surface area contributed by atoms with Crippen molar-refractivity contribution in [2.24, 2.45) is 0 Å². The van der Waals surface area contributed by atoms with Crippen LogP contribution in [0.5, 0.6) is 5.75 Å². The number of benzene rings is 3. The molecule has 154 valence electrons. The Balaban J connectivity index is 1.61. The summed E-state index contributed by atoms with van der Waals surface area (Å²) in [5, 5.41) is 6.25. The fourth-order valence-corrected chi connectivity index (χ4v) is 3.20. The molecule has 30 heavy (non-hydrogen) atoms. The maximum atomic E-state index is 12.7. The van der Waals surface area contributed by atoms with Crippen LogP contribution in [0.15, 0.2) is 77.3 Å². The summed E-state index contributed by atoms with van der Waals surface area (Å²) in [6, 6.07) is 20.9. The lowest BCUT2D eigenvalue weighted by molar-refractivity contribution is -0.128. The molecule has 0 saturated carbocycles. The van der Waals surface area contributed by atoms with E-state index in [1.807, 2.05) is 6.07 Å². The van der Waals surface area contributed by atoms with E-state index in [2.05, 4.69) is 26.6 Å². The predicted octanol–water partition coefficient (Wildman–Crippen LogP) is 6.15. The Kier molecular flexibility index (Phi) is 6.80. The number of hydrogen-bond donors (Lipinski definition) is 2. The number of carbonyl (C=O) groups excluding carboxylic acids is 2. The first-order valence-corrected chi connectivity index (χ1v) is 10.3. The summed E-state index contributed by atoms with van der Waals surface area (Å²) >= 11 is 9.24. The summed E-state index contributed by atoms with van der Waals surface area (Å²) in [6.45, 7) is 3.37. The van der Waals surface area contributed by atoms with Gasteiger partial charge < -0.3 is 15.4 Å². The van der Waals surface area contributed by atoms with Crippen LogP contribution in [0.4, 0.5) is 11.4 Å². The monoisotopic (exact) mass is 486 g/mol. The molecule has 0 aromatic heterocycles. The molecule has 0 spiro atoms. The first-order chi connectivity index (χ1) is 14.2. The molecular weight excluding hydrogens is 468 g/mol. The van der Waals surface area contributed by atoms with Crippen molar-refractivity contribution in [3.63, 3.8) is 0 Å². The van der Waals surface area contributed by atoms with Crippen molar-refractivity contribution >= 4 is 50.7 Å². The number of amides is 2. The second kappa shape index (κ2) is 9.32. The SMILES string of the molecule is CC(C)(Oc1ccc(Cl)cc1)C(=O)Nc1ccc(NC(=O)c2ccccc2Br)cc1. The minimum absolute atomic E-state index is 0.225. The van der Waals surface area contributed by atoms with Gasteiger partial charge in [0.2, 0.25) is 0 Å². The average Bonchev–Trinajstić information content (AvgIpc) is 2.71. The third-order valence-electron chi connectivity index (χ3n) is 4.25. The molecule has 0 aliphatic carbocycles. The van der Waals surface area contributed by atoms with Crippen molar-refractivity contribution in [2.45, 2.75) is 19.4 Å². The van der Waals surface area contributed by atoms with Gasteiger partial charge in [0.1, 0.15) is 5.75 Å². The van der Waals surface area contributed by atoms with E-state index in [0.29, 0.717) is 32.2 Å². The van der Waals surface area contributed by atoms with E-state index < -0.39 is 5.60 Å². The highest BCUT2D eigenvalue weighted by atomic mass is 79.9. The molecule has 0 unspecified atom stereocenters. The number of halogens is 2. The molecule has 3 aromatic carbocycles. The summed E-state index contributed by atoms with van der Waals surface area (Å²) in [4.78, 5) is 25.0. The van der Waals surface area contributed by atoms with Crippen LogP contribution in [-0.2, 0) is 4.79 Å². The third kappa shape index (κ3) is 5.62. The van der Waals surface area contributed by atoms with Crippen molar-refractivity contribution in [3.05, 3.63) is 87.9 Å². The van der Waals surface area contributed by atoms with Crippen molar-refractivity contribution in [1.29, 1.82) is 0 Å². The molecule has 3 rings (SSSR count). The maximum absolute atomic E-state index is 12.7. The molecule has 2 N–H and O–H groups in total. The van der Waals surface area contributed by atoms with Crippen LogP contribution in [0.25, 0.3) is 0 Å². The van der Waals surface area contributed by atoms with Crippen molar-refractivity contribution in [1.82, 2.24) is 0 Å². The van der Waals surface area contributed by atoms with Crippen LogP contribution in [-0.4, -0.2) is 17.4 Å². The Morgan fingerprint density at radius 2 is 1.43 bits per heavy atom. The zero-order chi connectivity index (χ0) is 21.7. The Labute approximate surface area is 188 Å². The molecule has 2 amide bonds. The van der Waals surface area contributed by atoms with Crippen LogP contribution >= 0.6 is 27.5 Å². The first-order valence-electron chi connectivity index (χ1n) is 9.16. The number of rotatable bonds is 6. The van der Waals surface area contributed by atoms with Gasteiger partial charge in [-0.15, -0.1) is 0 Å². The predicted molar refractivity (Wildman–Crippen MR) is 123 cm³/mol. The fourth-order valence-electron chi connectivity index (χ4n) is 2.61. The standard InChI is InChI=1S/C23H20BrClN2O3/c1-23(2,30-18-13-7-15(25)8-14-18)22(29)27-17-11-9-16(10-12-17)26-21(28)19-5-3-4-6-20(19)24/h3-14H,1-2H3,(H,26,28)(H,27,29). The van der Waals surface area contributed by atoms with Gasteiger partial charge in [-0.2, -0.15) is 0 Å². The topological polar surface area (TPSA) is 67.4 Å². The number of hydrogen-bond acceptors (Lipinski definition) is 3. The largest absolute Gasteiger partial charge is 0.478 e. The lowest BCUT2D eigenvalue weighted by atomic mass is 10.1. The maximum Gasteiger partial charge on any atom is 0.267 e. The van der Waals surface area contributed by atoms with Gasteiger partial charge in [0.25, 0.3) is 11.8 Å². The van der Waals surface area contributed by atoms with Crippen LogP contribution in [0.3, 0.4) is 0 Å². The van der Waals surface area contributed by atoms with Gasteiger partial charge >= 0.3 is 0 Å². The van der Waals surface area contributed by atoms with Gasteiger partial charge in [0.15, 0.2) is 5.60 Å². The quantitative estimate of drug-likeness (QED) is 0.438. The van der Waals surface area contributed by atoms with E-state index in [1.165, 1.54) is 0 Å². The number of anilines is 2. The van der Waals surface area contributed by atoms with Gasteiger partial charge in [-0.3, -0.25) is 9.59 Å². The molecular formula is C23H20BrClN2O3. The van der Waals surface area contributed by atoms with E-state index in [9.17, 15) is 9.59 Å². The minimum Gasteiger partial charge on any atom is -0.478 e. The van der Waals surface area contributed by atoms with Crippen LogP contribution < -0.4 is 15.4 Å². The zero-order valence-electron chi connectivity index (χ0n) is 16.4. The molecule has 0 atom stereocenters. The van der Waals surface area contributed by atoms with Crippen LogP contribution in [0, 0.1) is 0 Å². The molecule has 0 radical (unpaired) electrons. The Hall–Kier alpha value is -2.83. The fraction of sp³-hybridized carbons (Fsp3) is 0.130. The lowest BCUT2D eigenvalue weighted by Crippen LogP contribution is -2.42. The zero-order valence-corrected chi connectivity index (χ0v) is 18.8. The molecule has 7 heteroatoms. The normalized spacial score (nSPS) is 10.9. The van der Waals surface area contributed by atoms with Crippen LogP contribution in [0.2, 0.25) is 5.02 Å². The van der Waals surface area contributed by atoms with Gasteiger partial charge in [-0.25, -0.2) is 0 Å². The lowest BCUT2D eigenvalue weighted by Gasteiger charge is -2.25. The smallest absolute Gasteiger partial charge is 0.267 e. The molecule has 0 bridgehead atoms.